The fraction of sp³-hybridized carbons (Fsp3) is 0.429. The van der Waals surface area contributed by atoms with Crippen molar-refractivity contribution in [1.82, 2.24) is 0 Å². The van der Waals surface area contributed by atoms with E-state index in [0.29, 0.717) is 0 Å². The zero-order valence-corrected chi connectivity index (χ0v) is 9.23. The largest absolute Gasteiger partial charge is 0.596 e. The van der Waals surface area contributed by atoms with Crippen LogP contribution in [0.15, 0.2) is 25.3 Å². The van der Waals surface area contributed by atoms with Crippen LogP contribution in [0.5, 0.6) is 0 Å². The first-order valence-electron chi connectivity index (χ1n) is 3.89. The molecule has 7 heteroatoms. The summed E-state index contributed by atoms with van der Waals surface area (Å²) < 4.78 is 15.1. The first kappa shape index (κ1) is 13.5. The SMILES string of the molecule is C=CCO[Si](N)(OC)OC(N)(N)C=C. The third kappa shape index (κ3) is 4.63. The molecule has 0 spiro atoms. The van der Waals surface area contributed by atoms with Gasteiger partial charge in [0, 0.05) is 7.11 Å². The van der Waals surface area contributed by atoms with Gasteiger partial charge >= 0.3 is 8.97 Å². The average molecular weight is 219 g/mol. The molecule has 1 unspecified atom stereocenters. The number of rotatable bonds is 7. The van der Waals surface area contributed by atoms with Gasteiger partial charge < -0.3 is 13.3 Å². The molecule has 0 aromatic carbocycles. The Kier molecular flexibility index (Phi) is 5.16. The monoisotopic (exact) mass is 219 g/mol. The summed E-state index contributed by atoms with van der Waals surface area (Å²) in [5, 5.41) is 5.66. The highest BCUT2D eigenvalue weighted by atomic mass is 28.4. The Labute approximate surface area is 84.7 Å². The average Bonchev–Trinajstić information content (AvgIpc) is 2.14. The van der Waals surface area contributed by atoms with Gasteiger partial charge in [-0.3, -0.25) is 16.9 Å². The topological polar surface area (TPSA) is 106 Å². The van der Waals surface area contributed by atoms with Crippen molar-refractivity contribution in [3.8, 4) is 0 Å². The summed E-state index contributed by atoms with van der Waals surface area (Å²) >= 11 is 0. The molecule has 6 nitrogen and oxygen atoms in total. The van der Waals surface area contributed by atoms with Gasteiger partial charge in [-0.05, 0) is 6.08 Å². The standard InChI is InChI=1S/C7H17N3O3Si/c1-4-6-12-14(10,11-3)13-7(8,9)5-2/h4-5H,1-2,6,8-10H2,3H3. The maximum Gasteiger partial charge on any atom is 0.596 e. The van der Waals surface area contributed by atoms with Gasteiger partial charge in [0.1, 0.15) is 0 Å². The normalized spacial score (nSPS) is 16.0. The van der Waals surface area contributed by atoms with E-state index in [-0.39, 0.29) is 6.61 Å². The third-order valence-electron chi connectivity index (χ3n) is 1.32. The first-order chi connectivity index (χ1) is 6.39. The Bertz CT molecular complexity index is 212. The second-order valence-corrected chi connectivity index (χ2v) is 4.68. The summed E-state index contributed by atoms with van der Waals surface area (Å²) in [5.74, 6) is -1.56. The molecule has 82 valence electrons. The van der Waals surface area contributed by atoms with Crippen molar-refractivity contribution in [3.63, 3.8) is 0 Å². The molecule has 0 saturated heterocycles. The zero-order chi connectivity index (χ0) is 11.2. The Hall–Kier alpha value is -0.543. The molecule has 0 radical (unpaired) electrons. The van der Waals surface area contributed by atoms with Crippen LogP contribution in [0.25, 0.3) is 0 Å². The fourth-order valence-corrected chi connectivity index (χ4v) is 1.78. The van der Waals surface area contributed by atoms with E-state index in [1.165, 1.54) is 19.3 Å². The molecule has 0 aliphatic heterocycles. The van der Waals surface area contributed by atoms with E-state index in [1.807, 2.05) is 0 Å². The minimum atomic E-state index is -3.29. The summed E-state index contributed by atoms with van der Waals surface area (Å²) in [6.45, 7) is 7.05. The summed E-state index contributed by atoms with van der Waals surface area (Å²) in [7, 11) is -1.94. The van der Waals surface area contributed by atoms with Crippen LogP contribution in [0.4, 0.5) is 0 Å². The van der Waals surface area contributed by atoms with E-state index in [4.69, 9.17) is 30.1 Å². The van der Waals surface area contributed by atoms with Crippen LogP contribution >= 0.6 is 0 Å². The second-order valence-electron chi connectivity index (χ2n) is 2.57. The molecule has 6 N–H and O–H groups in total. The van der Waals surface area contributed by atoms with Crippen LogP contribution in [0.3, 0.4) is 0 Å². The minimum Gasteiger partial charge on any atom is -0.365 e. The molecule has 0 rings (SSSR count). The van der Waals surface area contributed by atoms with Crippen molar-refractivity contribution >= 4 is 8.97 Å². The highest BCUT2D eigenvalue weighted by Crippen LogP contribution is 2.07. The molecule has 0 fully saturated rings. The third-order valence-corrected chi connectivity index (χ3v) is 3.10. The zero-order valence-electron chi connectivity index (χ0n) is 8.23. The van der Waals surface area contributed by atoms with Gasteiger partial charge in [0.15, 0.2) is 5.85 Å². The quantitative estimate of drug-likeness (QED) is 0.288. The molecule has 0 amide bonds. The van der Waals surface area contributed by atoms with Gasteiger partial charge in [-0.15, -0.1) is 6.58 Å². The highest BCUT2D eigenvalue weighted by molar-refractivity contribution is 6.57. The van der Waals surface area contributed by atoms with Crippen LogP contribution in [-0.4, -0.2) is 28.5 Å². The molecular weight excluding hydrogens is 202 g/mol. The molecular formula is C7H17N3O3Si. The second kappa shape index (κ2) is 5.37. The summed E-state index contributed by atoms with van der Waals surface area (Å²) in [6, 6.07) is 0. The predicted molar refractivity (Wildman–Crippen MR) is 55.5 cm³/mol. The lowest BCUT2D eigenvalue weighted by Gasteiger charge is -2.30. The maximum atomic E-state index is 5.66. The molecule has 0 aliphatic rings. The lowest BCUT2D eigenvalue weighted by molar-refractivity contribution is 0.0139. The maximum absolute atomic E-state index is 5.66. The van der Waals surface area contributed by atoms with Crippen molar-refractivity contribution in [2.24, 2.45) is 16.9 Å². The van der Waals surface area contributed by atoms with Crippen LogP contribution in [0, 0.1) is 0 Å². The molecule has 0 saturated carbocycles. The molecule has 0 aliphatic carbocycles. The van der Waals surface area contributed by atoms with Gasteiger partial charge in [0.2, 0.25) is 0 Å². The van der Waals surface area contributed by atoms with Gasteiger partial charge in [0.05, 0.1) is 6.61 Å². The lowest BCUT2D eigenvalue weighted by Crippen LogP contribution is -2.65. The molecule has 1 atom stereocenters. The Morgan fingerprint density at radius 3 is 2.36 bits per heavy atom. The smallest absolute Gasteiger partial charge is 0.365 e. The van der Waals surface area contributed by atoms with Gasteiger partial charge in [-0.25, -0.2) is 0 Å². The number of hydrogen-bond donors (Lipinski definition) is 3. The molecule has 0 aromatic heterocycles. The Morgan fingerprint density at radius 1 is 1.43 bits per heavy atom. The number of hydrogen-bond acceptors (Lipinski definition) is 6. The van der Waals surface area contributed by atoms with Crippen LogP contribution < -0.4 is 16.9 Å². The van der Waals surface area contributed by atoms with Crippen LogP contribution in [-0.2, 0) is 13.3 Å². The van der Waals surface area contributed by atoms with Gasteiger partial charge in [-0.1, -0.05) is 12.7 Å². The van der Waals surface area contributed by atoms with E-state index in [0.717, 1.165) is 0 Å². The van der Waals surface area contributed by atoms with Crippen molar-refractivity contribution in [3.05, 3.63) is 25.3 Å². The van der Waals surface area contributed by atoms with Gasteiger partial charge in [-0.2, -0.15) is 0 Å². The predicted octanol–water partition coefficient (Wildman–Crippen LogP) is -0.996. The van der Waals surface area contributed by atoms with Crippen molar-refractivity contribution in [2.45, 2.75) is 5.85 Å². The van der Waals surface area contributed by atoms with E-state index in [2.05, 4.69) is 13.2 Å². The van der Waals surface area contributed by atoms with Crippen LogP contribution in [0.1, 0.15) is 0 Å². The summed E-state index contributed by atoms with van der Waals surface area (Å²) in [4.78, 5) is 0. The number of nitrogens with two attached hydrogens (primary N) is 3. The summed E-state index contributed by atoms with van der Waals surface area (Å²) in [6.07, 6.45) is 2.72. The van der Waals surface area contributed by atoms with Crippen LogP contribution in [0.2, 0.25) is 0 Å². The van der Waals surface area contributed by atoms with Crippen molar-refractivity contribution in [1.29, 1.82) is 0 Å². The van der Waals surface area contributed by atoms with Gasteiger partial charge in [0.25, 0.3) is 0 Å². The van der Waals surface area contributed by atoms with Crippen molar-refractivity contribution in [2.75, 3.05) is 13.7 Å². The first-order valence-corrected chi connectivity index (χ1v) is 5.69. The molecule has 0 bridgehead atoms. The Balaban J connectivity index is 4.37. The van der Waals surface area contributed by atoms with E-state index < -0.39 is 14.8 Å². The van der Waals surface area contributed by atoms with E-state index in [1.54, 1.807) is 0 Å². The fourth-order valence-electron chi connectivity index (χ4n) is 0.593. The minimum absolute atomic E-state index is 0.198. The lowest BCUT2D eigenvalue weighted by atomic mass is 10.5. The highest BCUT2D eigenvalue weighted by Gasteiger charge is 2.41. The Morgan fingerprint density at radius 2 is 2.00 bits per heavy atom. The van der Waals surface area contributed by atoms with Crippen molar-refractivity contribution < 1.29 is 13.3 Å². The summed E-state index contributed by atoms with van der Waals surface area (Å²) in [5.41, 5.74) is 10.9. The molecule has 0 aromatic rings. The van der Waals surface area contributed by atoms with E-state index >= 15 is 0 Å². The molecule has 0 heterocycles. The van der Waals surface area contributed by atoms with E-state index in [9.17, 15) is 0 Å². The molecule has 14 heavy (non-hydrogen) atoms.